The zero-order valence-corrected chi connectivity index (χ0v) is 35.3. The minimum absolute atomic E-state index is 0. The Morgan fingerprint density at radius 2 is 1.25 bits per heavy atom. The number of aromatic amines is 1. The van der Waals surface area contributed by atoms with Gasteiger partial charge in [0.25, 0.3) is 11.6 Å². The van der Waals surface area contributed by atoms with E-state index in [0.29, 0.717) is 23.0 Å². The van der Waals surface area contributed by atoms with E-state index in [0.717, 1.165) is 23.3 Å². The molecule has 0 saturated heterocycles. The van der Waals surface area contributed by atoms with Gasteiger partial charge in [-0.05, 0) is 62.4 Å². The number of carbonyl (C=O) groups excluding carboxylic acids is 2. The summed E-state index contributed by atoms with van der Waals surface area (Å²) in [5.74, 6) is -3.53. The van der Waals surface area contributed by atoms with Crippen LogP contribution in [0.1, 0.15) is 45.0 Å². The third-order valence-electron chi connectivity index (χ3n) is 8.59. The number of nitrogens with zero attached hydrogens (tertiary/aromatic N) is 5. The molecule has 0 radical (unpaired) electrons. The Labute approximate surface area is 376 Å². The van der Waals surface area contributed by atoms with E-state index in [-0.39, 0.29) is 67.2 Å². The summed E-state index contributed by atoms with van der Waals surface area (Å²) in [5, 5.41) is 21.8. The van der Waals surface area contributed by atoms with E-state index in [1.165, 1.54) is 44.2 Å². The van der Waals surface area contributed by atoms with Crippen LogP contribution in [-0.2, 0) is 41.3 Å². The normalized spacial score (nSPS) is 13.0. The van der Waals surface area contributed by atoms with Crippen LogP contribution in [0.2, 0.25) is 0 Å². The molecular weight excluding hydrogens is 895 g/mol. The van der Waals surface area contributed by atoms with Crippen LogP contribution in [0.15, 0.2) is 85.5 Å². The molecule has 4 heterocycles. The van der Waals surface area contributed by atoms with Crippen molar-refractivity contribution in [3.63, 3.8) is 0 Å². The van der Waals surface area contributed by atoms with Crippen molar-refractivity contribution in [2.75, 3.05) is 5.33 Å². The summed E-state index contributed by atoms with van der Waals surface area (Å²) >= 11 is 2.95. The van der Waals surface area contributed by atoms with Crippen LogP contribution in [0.25, 0.3) is 31.5 Å². The first kappa shape index (κ1) is 52.1. The fourth-order valence-electron chi connectivity index (χ4n) is 5.37. The van der Waals surface area contributed by atoms with Gasteiger partial charge in [0, 0.05) is 63.5 Å². The molecule has 0 bridgehead atoms. The molecule has 4 aromatic heterocycles. The van der Waals surface area contributed by atoms with Crippen molar-refractivity contribution in [3.8, 4) is 0 Å². The van der Waals surface area contributed by atoms with Crippen molar-refractivity contribution >= 4 is 60.9 Å². The zero-order valence-electron chi connectivity index (χ0n) is 32.8. The maximum atomic E-state index is 13.3. The molecule has 0 aliphatic heterocycles. The molecule has 3 N–H and O–H groups in total. The maximum Gasteiger partial charge on any atom is 1.00 e. The van der Waals surface area contributed by atoms with Crippen molar-refractivity contribution in [3.05, 3.63) is 142 Å². The van der Waals surface area contributed by atoms with E-state index in [9.17, 15) is 54.9 Å². The number of aliphatic hydroxyl groups is 2. The van der Waals surface area contributed by atoms with Crippen molar-refractivity contribution in [2.45, 2.75) is 64.2 Å². The average Bonchev–Trinajstić information content (AvgIpc) is 3.80. The van der Waals surface area contributed by atoms with Gasteiger partial charge in [0.05, 0.1) is 17.7 Å². The number of pyridine rings is 2. The van der Waals surface area contributed by atoms with Crippen LogP contribution in [0.3, 0.4) is 0 Å². The number of ketones is 2. The fraction of sp³-hybridized carbons (Fsp3) is 0.268. The predicted molar refractivity (Wildman–Crippen MR) is 211 cm³/mol. The first-order valence-electron chi connectivity index (χ1n) is 16.9. The van der Waals surface area contributed by atoms with E-state index in [4.69, 9.17) is 13.1 Å². The molecule has 0 aliphatic rings. The third kappa shape index (κ3) is 13.7. The number of fused-ring (bicyclic) bond motifs is 2. The summed E-state index contributed by atoms with van der Waals surface area (Å²) in [6, 6.07) is 13.6. The number of rotatable bonds is 9. The van der Waals surface area contributed by atoms with Crippen LogP contribution < -0.4 is 29.6 Å². The standard InChI is InChI=1S/C20H15F4N3O2.C12H10BrF3N2O2.C8H6FN.CH4.Na.H/c1-19(29,11-27-6-5-13-9-14(21)3-4-16(13)27)17(28)8-12-7-15(20(22,23)24)18(25-2)26-10-12;1-11(20,6-13)9(19)4-7-3-8(12(14,15)16)10(17-2)18-5-7;9-7-1-2-8-6(5-7)3-4-10-8;;;/h3-7,9-10,29H,8,11H2,1H3;3,5,20H,4,6H2,1H3;1-5,10H;1H4;;/q;;;;+1;-1/t19-;11-;;;;/m00..../s1. The van der Waals surface area contributed by atoms with Crippen molar-refractivity contribution in [1.82, 2.24) is 19.5 Å². The Bertz CT molecular complexity index is 2580. The van der Waals surface area contributed by atoms with Crippen LogP contribution in [0.4, 0.5) is 46.8 Å². The topological polar surface area (TPSA) is 130 Å². The number of carbonyl (C=O) groups is 2. The molecule has 10 nitrogen and oxygen atoms in total. The minimum atomic E-state index is -4.78. The minimum Gasteiger partial charge on any atom is -1.00 e. The number of aromatic nitrogens is 4. The number of nitrogens with one attached hydrogen (secondary N) is 1. The molecule has 6 aromatic rings. The van der Waals surface area contributed by atoms with E-state index in [1.807, 2.05) is 6.07 Å². The van der Waals surface area contributed by atoms with Gasteiger partial charge in [-0.2, -0.15) is 26.3 Å². The van der Waals surface area contributed by atoms with Crippen molar-refractivity contribution in [2.24, 2.45) is 0 Å². The second kappa shape index (κ2) is 21.2. The number of H-pyrrole nitrogens is 1. The predicted octanol–water partition coefficient (Wildman–Crippen LogP) is 7.28. The molecule has 0 aliphatic carbocycles. The summed E-state index contributed by atoms with van der Waals surface area (Å²) in [4.78, 5) is 39.6. The molecule has 0 spiro atoms. The van der Waals surface area contributed by atoms with E-state index >= 15 is 0 Å². The van der Waals surface area contributed by atoms with Gasteiger partial charge in [0.15, 0.2) is 11.6 Å². The number of hydrogen-bond acceptors (Lipinski definition) is 6. The van der Waals surface area contributed by atoms with Crippen LogP contribution in [0, 0.1) is 24.8 Å². The van der Waals surface area contributed by atoms with Gasteiger partial charge >= 0.3 is 41.9 Å². The maximum absolute atomic E-state index is 13.3. The first-order valence-corrected chi connectivity index (χ1v) is 18.0. The second-order valence-corrected chi connectivity index (χ2v) is 13.9. The molecular formula is C41H36BrF8N6NaO4. The monoisotopic (exact) mass is 930 g/mol. The Balaban J connectivity index is 0.000000504. The number of halogens is 9. The van der Waals surface area contributed by atoms with Gasteiger partial charge in [0.1, 0.15) is 35.2 Å². The molecule has 0 saturated carbocycles. The van der Waals surface area contributed by atoms with E-state index in [1.54, 1.807) is 29.1 Å². The quantitative estimate of drug-likeness (QED) is 0.0606. The number of hydrogen-bond donors (Lipinski definition) is 3. The summed E-state index contributed by atoms with van der Waals surface area (Å²) in [6.45, 7) is 15.8. The van der Waals surface area contributed by atoms with E-state index < -0.39 is 76.5 Å². The summed E-state index contributed by atoms with van der Waals surface area (Å²) < 4.78 is 105. The zero-order chi connectivity index (χ0) is 43.9. The van der Waals surface area contributed by atoms with Crippen LogP contribution in [-0.4, -0.2) is 57.8 Å². The molecule has 0 unspecified atom stereocenters. The Hall–Kier alpha value is -5.02. The average molecular weight is 932 g/mol. The van der Waals surface area contributed by atoms with E-state index in [2.05, 4.69) is 40.6 Å². The summed E-state index contributed by atoms with van der Waals surface area (Å²) in [5.41, 5.74) is -4.46. The van der Waals surface area contributed by atoms with Crippen LogP contribution >= 0.6 is 15.9 Å². The summed E-state index contributed by atoms with van der Waals surface area (Å²) in [7, 11) is 0. The summed E-state index contributed by atoms with van der Waals surface area (Å²) in [6.07, 6.45) is -4.96. The number of benzene rings is 2. The van der Waals surface area contributed by atoms with Gasteiger partial charge in [-0.3, -0.25) is 9.59 Å². The smallest absolute Gasteiger partial charge is 1.00 e. The Morgan fingerprint density at radius 1 is 0.770 bits per heavy atom. The van der Waals surface area contributed by atoms with Gasteiger partial charge in [-0.1, -0.05) is 48.6 Å². The molecule has 61 heavy (non-hydrogen) atoms. The molecule has 20 heteroatoms. The largest absolute Gasteiger partial charge is 1.00 e. The fourth-order valence-corrected chi connectivity index (χ4v) is 5.68. The van der Waals surface area contributed by atoms with Gasteiger partial charge in [-0.25, -0.2) is 8.78 Å². The molecule has 2 atom stereocenters. The molecule has 0 fully saturated rings. The van der Waals surface area contributed by atoms with Crippen LogP contribution in [0.5, 0.6) is 0 Å². The third-order valence-corrected chi connectivity index (χ3v) is 9.68. The Morgan fingerprint density at radius 3 is 1.72 bits per heavy atom. The van der Waals surface area contributed by atoms with Gasteiger partial charge in [-0.15, -0.1) is 9.97 Å². The van der Waals surface area contributed by atoms with Crippen molar-refractivity contribution < 1.29 is 85.9 Å². The molecule has 0 amide bonds. The first-order chi connectivity index (χ1) is 27.5. The van der Waals surface area contributed by atoms with Gasteiger partial charge < -0.3 is 30.9 Å². The molecule has 318 valence electrons. The van der Waals surface area contributed by atoms with Crippen molar-refractivity contribution in [1.29, 1.82) is 0 Å². The molecule has 6 rings (SSSR count). The number of alkyl halides is 7. The molecule has 2 aromatic carbocycles. The number of Topliss-reactive ketones (excluding diaryl/α,β-unsaturated/α-hetero) is 2. The SMILES string of the molecule is C.Fc1ccc2[nH]ccc2c1.[C-]#[N+]c1ncc(CC(=O)[C@@](C)(O)CBr)cc1C(F)(F)F.[C-]#[N+]c1ncc(CC(=O)[C@@](C)(O)Cn2ccc3cc(F)ccc32)cc1C(F)(F)F.[H-].[Na+]. The Kier molecular flexibility index (Phi) is 18.1. The van der Waals surface area contributed by atoms with Gasteiger partial charge in [0.2, 0.25) is 0 Å². The second-order valence-electron chi connectivity index (χ2n) is 13.4.